The fourth-order valence-corrected chi connectivity index (χ4v) is 1.64. The van der Waals surface area contributed by atoms with E-state index in [0.717, 1.165) is 19.0 Å². The maximum Gasteiger partial charge on any atom is 0.335 e. The van der Waals surface area contributed by atoms with E-state index in [1.165, 1.54) is 12.1 Å². The van der Waals surface area contributed by atoms with Gasteiger partial charge < -0.3 is 10.0 Å². The molecule has 88 valence electrons. The number of carbonyl (C=O) groups is 1. The van der Waals surface area contributed by atoms with Gasteiger partial charge in [-0.05, 0) is 43.8 Å². The van der Waals surface area contributed by atoms with Gasteiger partial charge in [-0.1, -0.05) is 6.92 Å². The molecule has 1 aromatic rings. The van der Waals surface area contributed by atoms with Crippen LogP contribution in [0.25, 0.3) is 0 Å². The fraction of sp³-hybridized carbons (Fsp3) is 0.417. The van der Waals surface area contributed by atoms with E-state index in [1.54, 1.807) is 0 Å². The van der Waals surface area contributed by atoms with Crippen molar-refractivity contribution in [3.8, 4) is 0 Å². The van der Waals surface area contributed by atoms with E-state index in [1.807, 2.05) is 11.9 Å². The van der Waals surface area contributed by atoms with Gasteiger partial charge in [0.05, 0.1) is 5.56 Å². The van der Waals surface area contributed by atoms with Crippen LogP contribution in [-0.2, 0) is 6.54 Å². The molecule has 4 heteroatoms. The minimum atomic E-state index is -1.10. The molecule has 0 amide bonds. The summed E-state index contributed by atoms with van der Waals surface area (Å²) in [4.78, 5) is 12.8. The highest BCUT2D eigenvalue weighted by Gasteiger charge is 2.08. The second-order valence-electron chi connectivity index (χ2n) is 3.89. The van der Waals surface area contributed by atoms with E-state index in [9.17, 15) is 9.18 Å². The number of rotatable bonds is 5. The summed E-state index contributed by atoms with van der Waals surface area (Å²) in [6.07, 6.45) is 1.01. The van der Waals surface area contributed by atoms with Crippen LogP contribution in [0.3, 0.4) is 0 Å². The summed E-state index contributed by atoms with van der Waals surface area (Å²) in [5, 5.41) is 8.79. The predicted octanol–water partition coefficient (Wildman–Crippen LogP) is 2.37. The molecule has 0 unspecified atom stereocenters. The first-order valence-electron chi connectivity index (χ1n) is 5.24. The van der Waals surface area contributed by atoms with Gasteiger partial charge >= 0.3 is 5.97 Å². The van der Waals surface area contributed by atoms with Crippen LogP contribution in [0.1, 0.15) is 29.3 Å². The number of aromatic carboxylic acids is 1. The molecule has 0 saturated carbocycles. The molecule has 0 spiro atoms. The van der Waals surface area contributed by atoms with Crippen LogP contribution >= 0.6 is 0 Å². The summed E-state index contributed by atoms with van der Waals surface area (Å²) in [7, 11) is 1.93. The Balaban J connectivity index is 2.84. The van der Waals surface area contributed by atoms with Gasteiger partial charge in [-0.15, -0.1) is 0 Å². The van der Waals surface area contributed by atoms with Gasteiger partial charge in [0.1, 0.15) is 5.82 Å². The molecule has 0 aliphatic carbocycles. The van der Waals surface area contributed by atoms with Gasteiger partial charge in [-0.3, -0.25) is 0 Å². The van der Waals surface area contributed by atoms with Crippen LogP contribution in [0.5, 0.6) is 0 Å². The molecule has 1 N–H and O–H groups in total. The highest BCUT2D eigenvalue weighted by atomic mass is 19.1. The first-order valence-corrected chi connectivity index (χ1v) is 5.24. The van der Waals surface area contributed by atoms with Crippen LogP contribution in [0.15, 0.2) is 18.2 Å². The van der Waals surface area contributed by atoms with Crippen LogP contribution in [0.4, 0.5) is 4.39 Å². The third-order valence-electron chi connectivity index (χ3n) is 2.26. The second kappa shape index (κ2) is 5.61. The van der Waals surface area contributed by atoms with Crippen LogP contribution in [0.2, 0.25) is 0 Å². The van der Waals surface area contributed by atoms with Gasteiger partial charge in [-0.25, -0.2) is 9.18 Å². The molecule has 0 aliphatic rings. The Kier molecular flexibility index (Phi) is 4.43. The fourth-order valence-electron chi connectivity index (χ4n) is 1.64. The maximum atomic E-state index is 13.1. The van der Waals surface area contributed by atoms with Gasteiger partial charge in [0.15, 0.2) is 0 Å². The average molecular weight is 225 g/mol. The molecule has 3 nitrogen and oxygen atoms in total. The summed E-state index contributed by atoms with van der Waals surface area (Å²) < 4.78 is 13.1. The Morgan fingerprint density at radius 2 is 2.12 bits per heavy atom. The van der Waals surface area contributed by atoms with E-state index in [2.05, 4.69) is 6.92 Å². The first kappa shape index (κ1) is 12.6. The summed E-state index contributed by atoms with van der Waals surface area (Å²) in [6.45, 7) is 3.52. The lowest BCUT2D eigenvalue weighted by Crippen LogP contribution is -2.18. The van der Waals surface area contributed by atoms with Crippen LogP contribution in [-0.4, -0.2) is 29.6 Å². The molecular weight excluding hydrogens is 209 g/mol. The Bertz CT molecular complexity index is 379. The lowest BCUT2D eigenvalue weighted by Gasteiger charge is -2.15. The van der Waals surface area contributed by atoms with Crippen LogP contribution < -0.4 is 0 Å². The topological polar surface area (TPSA) is 40.5 Å². The Morgan fingerprint density at radius 1 is 1.44 bits per heavy atom. The van der Waals surface area contributed by atoms with Gasteiger partial charge in [-0.2, -0.15) is 0 Å². The quantitative estimate of drug-likeness (QED) is 0.836. The van der Waals surface area contributed by atoms with E-state index >= 15 is 0 Å². The van der Waals surface area contributed by atoms with Crippen molar-refractivity contribution in [1.82, 2.24) is 4.90 Å². The van der Waals surface area contributed by atoms with E-state index in [4.69, 9.17) is 5.11 Å². The number of carboxylic acid groups (broad SMARTS) is 1. The summed E-state index contributed by atoms with van der Waals surface area (Å²) in [6, 6.07) is 3.92. The zero-order valence-corrected chi connectivity index (χ0v) is 9.53. The molecule has 0 aromatic heterocycles. The van der Waals surface area contributed by atoms with Crippen molar-refractivity contribution >= 4 is 5.97 Å². The van der Waals surface area contributed by atoms with Crippen molar-refractivity contribution < 1.29 is 14.3 Å². The van der Waals surface area contributed by atoms with Crippen molar-refractivity contribution in [2.24, 2.45) is 0 Å². The Morgan fingerprint density at radius 3 is 2.69 bits per heavy atom. The molecular formula is C12H16FNO2. The molecule has 0 saturated heterocycles. The van der Waals surface area contributed by atoms with Gasteiger partial charge in [0.25, 0.3) is 0 Å². The minimum absolute atomic E-state index is 0.0000940. The molecule has 0 fully saturated rings. The van der Waals surface area contributed by atoms with Crippen LogP contribution in [0, 0.1) is 5.82 Å². The molecule has 16 heavy (non-hydrogen) atoms. The molecule has 0 heterocycles. The highest BCUT2D eigenvalue weighted by molar-refractivity contribution is 5.87. The number of hydrogen-bond acceptors (Lipinski definition) is 2. The van der Waals surface area contributed by atoms with Gasteiger partial charge in [0, 0.05) is 6.54 Å². The third kappa shape index (κ3) is 3.62. The largest absolute Gasteiger partial charge is 0.478 e. The second-order valence-corrected chi connectivity index (χ2v) is 3.89. The third-order valence-corrected chi connectivity index (χ3v) is 2.26. The van der Waals surface area contributed by atoms with E-state index < -0.39 is 11.8 Å². The zero-order chi connectivity index (χ0) is 12.1. The standard InChI is InChI=1S/C12H16FNO2/c1-3-4-14(2)8-9-5-10(12(15)16)7-11(13)6-9/h5-7H,3-4,8H2,1-2H3,(H,15,16). The predicted molar refractivity (Wildman–Crippen MR) is 60.0 cm³/mol. The van der Waals surface area contributed by atoms with E-state index in [-0.39, 0.29) is 5.56 Å². The lowest BCUT2D eigenvalue weighted by molar-refractivity contribution is 0.0696. The number of carboxylic acids is 1. The molecule has 0 radical (unpaired) electrons. The highest BCUT2D eigenvalue weighted by Crippen LogP contribution is 2.11. The maximum absolute atomic E-state index is 13.1. The number of nitrogens with zero attached hydrogens (tertiary/aromatic N) is 1. The zero-order valence-electron chi connectivity index (χ0n) is 9.53. The normalized spacial score (nSPS) is 10.8. The SMILES string of the molecule is CCCN(C)Cc1cc(F)cc(C(=O)O)c1. The molecule has 0 bridgehead atoms. The minimum Gasteiger partial charge on any atom is -0.478 e. The molecule has 1 aromatic carbocycles. The molecule has 0 aliphatic heterocycles. The van der Waals surface area contributed by atoms with Crippen molar-refractivity contribution in [3.63, 3.8) is 0 Å². The van der Waals surface area contributed by atoms with E-state index in [0.29, 0.717) is 12.1 Å². The smallest absolute Gasteiger partial charge is 0.335 e. The van der Waals surface area contributed by atoms with Crippen molar-refractivity contribution in [2.75, 3.05) is 13.6 Å². The summed E-state index contributed by atoms with van der Waals surface area (Å²) >= 11 is 0. The van der Waals surface area contributed by atoms with Crippen molar-refractivity contribution in [2.45, 2.75) is 19.9 Å². The van der Waals surface area contributed by atoms with Crippen molar-refractivity contribution in [1.29, 1.82) is 0 Å². The summed E-state index contributed by atoms with van der Waals surface area (Å²) in [5.41, 5.74) is 0.688. The number of halogens is 1. The summed E-state index contributed by atoms with van der Waals surface area (Å²) in [5.74, 6) is -1.60. The number of hydrogen-bond donors (Lipinski definition) is 1. The van der Waals surface area contributed by atoms with Gasteiger partial charge in [0.2, 0.25) is 0 Å². The Labute approximate surface area is 94.5 Å². The first-order chi connectivity index (χ1) is 7.52. The lowest BCUT2D eigenvalue weighted by atomic mass is 10.1. The molecule has 1 rings (SSSR count). The van der Waals surface area contributed by atoms with Crippen molar-refractivity contribution in [3.05, 3.63) is 35.1 Å². The molecule has 0 atom stereocenters. The average Bonchev–Trinajstić information content (AvgIpc) is 2.16. The number of benzene rings is 1. The monoisotopic (exact) mass is 225 g/mol. The Hall–Kier alpha value is -1.42.